The number of halogens is 2. The van der Waals surface area contributed by atoms with Crippen LogP contribution in [0.2, 0.25) is 0 Å². The summed E-state index contributed by atoms with van der Waals surface area (Å²) in [5.74, 6) is 0. The molecule has 3 atom stereocenters. The molecule has 3 nitrogen and oxygen atoms in total. The molecule has 88 valence electrons. The predicted octanol–water partition coefficient (Wildman–Crippen LogP) is 3.40. The van der Waals surface area contributed by atoms with E-state index in [0.717, 1.165) is 12.8 Å². The first-order valence-corrected chi connectivity index (χ1v) is 5.72. The Hall–Kier alpha value is -0.510. The van der Waals surface area contributed by atoms with Crippen LogP contribution in [0.25, 0.3) is 0 Å². The molecule has 1 aliphatic carbocycles. The van der Waals surface area contributed by atoms with E-state index >= 15 is 0 Å². The Balaban J connectivity index is 2.29. The fourth-order valence-electron chi connectivity index (χ4n) is 1.52. The second-order valence-corrected chi connectivity index (χ2v) is 4.13. The zero-order valence-corrected chi connectivity index (χ0v) is 9.50. The Morgan fingerprint density at radius 2 is 2.20 bits per heavy atom. The number of carbonyl (C=O) groups is 1. The maximum Gasteiger partial charge on any atom is 0.510 e. The van der Waals surface area contributed by atoms with Crippen molar-refractivity contribution < 1.29 is 18.7 Å². The Kier molecular flexibility index (Phi) is 5.15. The van der Waals surface area contributed by atoms with Crippen molar-refractivity contribution in [1.29, 1.82) is 0 Å². The molecule has 0 aromatic carbocycles. The number of hydrogen-bond donors (Lipinski definition) is 0. The number of hydrogen-bond acceptors (Lipinski definition) is 3. The molecule has 0 aliphatic heterocycles. The molecule has 0 heterocycles. The zero-order valence-electron chi connectivity index (χ0n) is 8.75. The summed E-state index contributed by atoms with van der Waals surface area (Å²) in [6.07, 6.45) is 0.658. The Labute approximate surface area is 93.9 Å². The molecule has 0 amide bonds. The first kappa shape index (κ1) is 12.6. The van der Waals surface area contributed by atoms with Crippen LogP contribution in [-0.2, 0) is 9.47 Å². The van der Waals surface area contributed by atoms with Crippen molar-refractivity contribution >= 4 is 17.8 Å². The lowest BCUT2D eigenvalue weighted by Crippen LogP contribution is -2.32. The van der Waals surface area contributed by atoms with E-state index in [1.165, 1.54) is 0 Å². The van der Waals surface area contributed by atoms with Gasteiger partial charge in [-0.2, -0.15) is 0 Å². The Morgan fingerprint density at radius 1 is 1.53 bits per heavy atom. The summed E-state index contributed by atoms with van der Waals surface area (Å²) in [7, 11) is 0. The number of rotatable bonds is 3. The third kappa shape index (κ3) is 4.24. The molecule has 2 unspecified atom stereocenters. The second-order valence-electron chi connectivity index (χ2n) is 3.64. The van der Waals surface area contributed by atoms with E-state index < -0.39 is 24.0 Å². The number of ether oxygens (including phenoxy) is 2. The zero-order chi connectivity index (χ0) is 11.3. The van der Waals surface area contributed by atoms with Gasteiger partial charge in [0.05, 0.1) is 0 Å². The summed E-state index contributed by atoms with van der Waals surface area (Å²) < 4.78 is 22.8. The topological polar surface area (TPSA) is 35.5 Å². The quantitative estimate of drug-likeness (QED) is 0.558. The maximum atomic E-state index is 13.3. The predicted molar refractivity (Wildman–Crippen MR) is 54.7 cm³/mol. The van der Waals surface area contributed by atoms with E-state index in [4.69, 9.17) is 16.3 Å². The molecule has 0 bridgehead atoms. The molecule has 1 fully saturated rings. The van der Waals surface area contributed by atoms with Gasteiger partial charge in [-0.15, -0.1) is 0 Å². The van der Waals surface area contributed by atoms with Crippen molar-refractivity contribution in [2.45, 2.75) is 56.9 Å². The van der Waals surface area contributed by atoms with Gasteiger partial charge in [0.1, 0.15) is 12.3 Å². The summed E-state index contributed by atoms with van der Waals surface area (Å²) in [6.45, 7) is 1.78. The van der Waals surface area contributed by atoms with E-state index in [-0.39, 0.29) is 0 Å². The monoisotopic (exact) mass is 238 g/mol. The molecule has 0 radical (unpaired) electrons. The third-order valence-corrected chi connectivity index (χ3v) is 2.81. The molecule has 0 N–H and O–H groups in total. The van der Waals surface area contributed by atoms with Gasteiger partial charge in [-0.1, -0.05) is 24.9 Å². The van der Waals surface area contributed by atoms with Crippen molar-refractivity contribution in [3.05, 3.63) is 0 Å². The van der Waals surface area contributed by atoms with Crippen LogP contribution in [0.3, 0.4) is 0 Å². The molecular formula is C10H16ClFO3. The average Bonchev–Trinajstić information content (AvgIpc) is 2.21. The van der Waals surface area contributed by atoms with E-state index in [0.29, 0.717) is 19.3 Å². The molecule has 0 saturated heterocycles. The number of alkyl halides is 2. The number of carbonyl (C=O) groups excluding carboxylic acids is 1. The molecule has 5 heteroatoms. The van der Waals surface area contributed by atoms with E-state index in [1.54, 1.807) is 6.92 Å². The van der Waals surface area contributed by atoms with Gasteiger partial charge in [0, 0.05) is 0 Å². The fraction of sp³-hybridized carbons (Fsp3) is 0.900. The normalized spacial score (nSPS) is 28.2. The molecule has 0 spiro atoms. The lowest BCUT2D eigenvalue weighted by atomic mass is 9.96. The lowest BCUT2D eigenvalue weighted by Gasteiger charge is -2.25. The van der Waals surface area contributed by atoms with Crippen LogP contribution in [0.4, 0.5) is 9.18 Å². The van der Waals surface area contributed by atoms with Gasteiger partial charge >= 0.3 is 6.16 Å². The standard InChI is InChI=1S/C10H16ClFO3/c1-2-9(11)15-10(13)14-8-6-4-3-5-7(8)12/h7-9H,2-6H2,1H3/t7-,8?,9?/m1/s1. The summed E-state index contributed by atoms with van der Waals surface area (Å²) in [4.78, 5) is 11.1. The summed E-state index contributed by atoms with van der Waals surface area (Å²) in [5, 5.41) is 0. The van der Waals surface area contributed by atoms with Crippen molar-refractivity contribution in [2.24, 2.45) is 0 Å². The van der Waals surface area contributed by atoms with Gasteiger partial charge in [0.2, 0.25) is 0 Å². The molecule has 1 saturated carbocycles. The van der Waals surface area contributed by atoms with E-state index in [9.17, 15) is 9.18 Å². The first-order valence-electron chi connectivity index (χ1n) is 5.29. The smallest absolute Gasteiger partial charge is 0.428 e. The maximum absolute atomic E-state index is 13.3. The summed E-state index contributed by atoms with van der Waals surface area (Å²) in [6, 6.07) is 0. The van der Waals surface area contributed by atoms with Gasteiger partial charge in [-0.05, 0) is 25.7 Å². The SMILES string of the molecule is CCC(Cl)OC(=O)OC1CCCC[C@H]1F. The largest absolute Gasteiger partial charge is 0.510 e. The third-order valence-electron chi connectivity index (χ3n) is 2.41. The van der Waals surface area contributed by atoms with Gasteiger partial charge < -0.3 is 9.47 Å². The van der Waals surface area contributed by atoms with Crippen LogP contribution in [0.5, 0.6) is 0 Å². The molecule has 0 aromatic rings. The lowest BCUT2D eigenvalue weighted by molar-refractivity contribution is -0.0265. The summed E-state index contributed by atoms with van der Waals surface area (Å²) in [5.41, 5.74) is -0.695. The highest BCUT2D eigenvalue weighted by atomic mass is 35.5. The second kappa shape index (κ2) is 6.16. The minimum Gasteiger partial charge on any atom is -0.428 e. The fourth-order valence-corrected chi connectivity index (χ4v) is 1.60. The van der Waals surface area contributed by atoms with E-state index in [2.05, 4.69) is 4.74 Å². The molecule has 1 aliphatic rings. The Morgan fingerprint density at radius 3 is 2.80 bits per heavy atom. The van der Waals surface area contributed by atoms with Crippen molar-refractivity contribution in [1.82, 2.24) is 0 Å². The van der Waals surface area contributed by atoms with Crippen LogP contribution in [0, 0.1) is 0 Å². The highest BCUT2D eigenvalue weighted by Crippen LogP contribution is 2.24. The van der Waals surface area contributed by atoms with Crippen molar-refractivity contribution in [2.75, 3.05) is 0 Å². The van der Waals surface area contributed by atoms with Gasteiger partial charge in [0.25, 0.3) is 0 Å². The minimum atomic E-state index is -1.07. The highest BCUT2D eigenvalue weighted by Gasteiger charge is 2.29. The van der Waals surface area contributed by atoms with Crippen LogP contribution in [0.1, 0.15) is 39.0 Å². The van der Waals surface area contributed by atoms with Gasteiger partial charge in [-0.3, -0.25) is 0 Å². The molecule has 1 rings (SSSR count). The Bertz CT molecular complexity index is 213. The highest BCUT2D eigenvalue weighted by molar-refractivity contribution is 6.20. The molecule has 0 aromatic heterocycles. The van der Waals surface area contributed by atoms with Gasteiger partial charge in [-0.25, -0.2) is 9.18 Å². The van der Waals surface area contributed by atoms with Crippen molar-refractivity contribution in [3.8, 4) is 0 Å². The summed E-state index contributed by atoms with van der Waals surface area (Å²) >= 11 is 5.60. The van der Waals surface area contributed by atoms with Crippen LogP contribution < -0.4 is 0 Å². The van der Waals surface area contributed by atoms with Crippen molar-refractivity contribution in [3.63, 3.8) is 0 Å². The first-order chi connectivity index (χ1) is 7.13. The molecule has 15 heavy (non-hydrogen) atoms. The van der Waals surface area contributed by atoms with Gasteiger partial charge in [0.15, 0.2) is 5.56 Å². The van der Waals surface area contributed by atoms with Crippen LogP contribution in [-0.4, -0.2) is 24.0 Å². The average molecular weight is 239 g/mol. The van der Waals surface area contributed by atoms with E-state index in [1.807, 2.05) is 0 Å². The van der Waals surface area contributed by atoms with Crippen LogP contribution in [0.15, 0.2) is 0 Å². The molecular weight excluding hydrogens is 223 g/mol. The minimum absolute atomic E-state index is 0.454. The van der Waals surface area contributed by atoms with Crippen LogP contribution >= 0.6 is 11.6 Å².